The van der Waals surface area contributed by atoms with Gasteiger partial charge in [-0.3, -0.25) is 10.2 Å². The fourth-order valence-corrected chi connectivity index (χ4v) is 2.54. The molecule has 1 aromatic rings. The third-order valence-electron chi connectivity index (χ3n) is 3.90. The Morgan fingerprint density at radius 3 is 2.50 bits per heavy atom. The van der Waals surface area contributed by atoms with Gasteiger partial charge in [0.1, 0.15) is 0 Å². The van der Waals surface area contributed by atoms with E-state index in [2.05, 4.69) is 41.8 Å². The Morgan fingerprint density at radius 2 is 1.91 bits per heavy atom. The lowest BCUT2D eigenvalue weighted by Crippen LogP contribution is -2.34. The van der Waals surface area contributed by atoms with Gasteiger partial charge in [0, 0.05) is 30.5 Å². The molecule has 22 heavy (non-hydrogen) atoms. The van der Waals surface area contributed by atoms with Crippen molar-refractivity contribution in [3.05, 3.63) is 53.8 Å². The summed E-state index contributed by atoms with van der Waals surface area (Å²) in [5, 5.41) is 0. The van der Waals surface area contributed by atoms with E-state index in [0.717, 1.165) is 38.0 Å². The number of hydrogen-bond acceptors (Lipinski definition) is 3. The van der Waals surface area contributed by atoms with Crippen LogP contribution in [0.25, 0.3) is 0 Å². The molecule has 0 saturated heterocycles. The molecule has 0 radical (unpaired) electrons. The Balaban J connectivity index is 1.88. The SMILES string of the molecule is CCN(CC)c1ccc(C(=O)NN/C=C2/CC=CCC2)cc1. The first kappa shape index (κ1) is 16.1. The molecule has 2 rings (SSSR count). The highest BCUT2D eigenvalue weighted by molar-refractivity contribution is 5.94. The topological polar surface area (TPSA) is 44.4 Å². The second-order valence-corrected chi connectivity index (χ2v) is 5.33. The smallest absolute Gasteiger partial charge is 0.269 e. The Labute approximate surface area is 132 Å². The fraction of sp³-hybridized carbons (Fsp3) is 0.389. The highest BCUT2D eigenvalue weighted by atomic mass is 16.2. The molecular weight excluding hydrogens is 274 g/mol. The zero-order valence-electron chi connectivity index (χ0n) is 13.4. The first-order valence-electron chi connectivity index (χ1n) is 7.98. The Kier molecular flexibility index (Phi) is 6.07. The fourth-order valence-electron chi connectivity index (χ4n) is 2.54. The number of nitrogens with zero attached hydrogens (tertiary/aromatic N) is 1. The molecule has 0 aliphatic heterocycles. The van der Waals surface area contributed by atoms with E-state index in [0.29, 0.717) is 5.56 Å². The van der Waals surface area contributed by atoms with E-state index in [1.165, 1.54) is 5.57 Å². The second-order valence-electron chi connectivity index (χ2n) is 5.33. The van der Waals surface area contributed by atoms with Gasteiger partial charge in [-0.15, -0.1) is 0 Å². The normalized spacial score (nSPS) is 15.6. The Bertz CT molecular complexity index is 542. The van der Waals surface area contributed by atoms with Crippen molar-refractivity contribution in [3.8, 4) is 0 Å². The summed E-state index contributed by atoms with van der Waals surface area (Å²) in [4.78, 5) is 14.3. The predicted molar refractivity (Wildman–Crippen MR) is 91.7 cm³/mol. The highest BCUT2D eigenvalue weighted by Crippen LogP contribution is 2.16. The van der Waals surface area contributed by atoms with Crippen molar-refractivity contribution in [1.82, 2.24) is 10.9 Å². The number of amides is 1. The molecule has 0 bridgehead atoms. The molecule has 0 aromatic heterocycles. The van der Waals surface area contributed by atoms with E-state index in [-0.39, 0.29) is 5.91 Å². The lowest BCUT2D eigenvalue weighted by molar-refractivity contribution is 0.0941. The number of carbonyl (C=O) groups is 1. The maximum absolute atomic E-state index is 12.1. The molecule has 0 saturated carbocycles. The van der Waals surface area contributed by atoms with E-state index in [4.69, 9.17) is 0 Å². The molecule has 0 spiro atoms. The maximum atomic E-state index is 12.1. The van der Waals surface area contributed by atoms with Gasteiger partial charge in [0.25, 0.3) is 5.91 Å². The third-order valence-corrected chi connectivity index (χ3v) is 3.90. The standard InChI is InChI=1S/C18H25N3O/c1-3-21(4-2)17-12-10-16(11-13-17)18(22)20-19-14-15-8-6-5-7-9-15/h5-6,10-14,19H,3-4,7-9H2,1-2H3,(H,20,22)/b15-14-. The largest absolute Gasteiger partial charge is 0.372 e. The molecule has 0 atom stereocenters. The zero-order chi connectivity index (χ0) is 15.8. The molecule has 1 amide bonds. The van der Waals surface area contributed by atoms with Gasteiger partial charge in [0.05, 0.1) is 0 Å². The van der Waals surface area contributed by atoms with E-state index < -0.39 is 0 Å². The summed E-state index contributed by atoms with van der Waals surface area (Å²) >= 11 is 0. The number of anilines is 1. The number of hydrogen-bond donors (Lipinski definition) is 2. The van der Waals surface area contributed by atoms with Crippen LogP contribution < -0.4 is 15.8 Å². The number of allylic oxidation sites excluding steroid dienone is 3. The molecule has 0 fully saturated rings. The van der Waals surface area contributed by atoms with Crippen molar-refractivity contribution >= 4 is 11.6 Å². The quantitative estimate of drug-likeness (QED) is 0.625. The lowest BCUT2D eigenvalue weighted by Gasteiger charge is -2.21. The molecule has 2 N–H and O–H groups in total. The summed E-state index contributed by atoms with van der Waals surface area (Å²) in [5.41, 5.74) is 8.73. The van der Waals surface area contributed by atoms with Crippen LogP contribution in [0.15, 0.2) is 48.2 Å². The van der Waals surface area contributed by atoms with Crippen molar-refractivity contribution in [2.45, 2.75) is 33.1 Å². The van der Waals surface area contributed by atoms with Gasteiger partial charge in [0.2, 0.25) is 0 Å². The van der Waals surface area contributed by atoms with Crippen LogP contribution in [-0.4, -0.2) is 19.0 Å². The van der Waals surface area contributed by atoms with Gasteiger partial charge < -0.3 is 10.3 Å². The van der Waals surface area contributed by atoms with Crippen LogP contribution in [0, 0.1) is 0 Å². The molecule has 0 heterocycles. The Hall–Kier alpha value is -2.23. The van der Waals surface area contributed by atoms with E-state index in [9.17, 15) is 4.79 Å². The van der Waals surface area contributed by atoms with Crippen LogP contribution >= 0.6 is 0 Å². The summed E-state index contributed by atoms with van der Waals surface area (Å²) in [6.07, 6.45) is 9.33. The molecule has 118 valence electrons. The van der Waals surface area contributed by atoms with Gasteiger partial charge >= 0.3 is 0 Å². The minimum Gasteiger partial charge on any atom is -0.372 e. The summed E-state index contributed by atoms with van der Waals surface area (Å²) in [5.74, 6) is -0.116. The van der Waals surface area contributed by atoms with Crippen LogP contribution in [0.1, 0.15) is 43.5 Å². The summed E-state index contributed by atoms with van der Waals surface area (Å²) in [6, 6.07) is 7.71. The van der Waals surface area contributed by atoms with E-state index in [1.807, 2.05) is 30.5 Å². The zero-order valence-corrected chi connectivity index (χ0v) is 13.4. The highest BCUT2D eigenvalue weighted by Gasteiger charge is 2.06. The van der Waals surface area contributed by atoms with Crippen molar-refractivity contribution in [1.29, 1.82) is 0 Å². The molecule has 0 unspecified atom stereocenters. The number of benzene rings is 1. The number of hydrazine groups is 1. The molecule has 1 aromatic carbocycles. The van der Waals surface area contributed by atoms with Crippen molar-refractivity contribution in [3.63, 3.8) is 0 Å². The van der Waals surface area contributed by atoms with E-state index >= 15 is 0 Å². The average molecular weight is 299 g/mol. The number of carbonyl (C=O) groups excluding carboxylic acids is 1. The van der Waals surface area contributed by atoms with Gasteiger partial charge in [-0.05, 0) is 62.9 Å². The van der Waals surface area contributed by atoms with Crippen molar-refractivity contribution in [2.24, 2.45) is 0 Å². The lowest BCUT2D eigenvalue weighted by atomic mass is 10.0. The van der Waals surface area contributed by atoms with Gasteiger partial charge in [-0.1, -0.05) is 12.2 Å². The van der Waals surface area contributed by atoms with Crippen LogP contribution in [0.5, 0.6) is 0 Å². The molecule has 4 heteroatoms. The van der Waals surface area contributed by atoms with Gasteiger partial charge in [-0.25, -0.2) is 0 Å². The van der Waals surface area contributed by atoms with Crippen LogP contribution in [0.4, 0.5) is 5.69 Å². The second kappa shape index (κ2) is 8.27. The minimum atomic E-state index is -0.116. The van der Waals surface area contributed by atoms with Gasteiger partial charge in [-0.2, -0.15) is 0 Å². The Morgan fingerprint density at radius 1 is 1.18 bits per heavy atom. The van der Waals surface area contributed by atoms with E-state index in [1.54, 1.807) is 0 Å². The van der Waals surface area contributed by atoms with Gasteiger partial charge in [0.15, 0.2) is 0 Å². The maximum Gasteiger partial charge on any atom is 0.269 e. The first-order chi connectivity index (χ1) is 10.7. The molecule has 4 nitrogen and oxygen atoms in total. The summed E-state index contributed by atoms with van der Waals surface area (Å²) in [7, 11) is 0. The van der Waals surface area contributed by atoms with Crippen molar-refractivity contribution < 1.29 is 4.79 Å². The predicted octanol–water partition coefficient (Wildman–Crippen LogP) is 3.39. The molecular formula is C18H25N3O. The number of rotatable bonds is 6. The third kappa shape index (κ3) is 4.38. The summed E-state index contributed by atoms with van der Waals surface area (Å²) < 4.78 is 0. The first-order valence-corrected chi connectivity index (χ1v) is 7.98. The molecule has 1 aliphatic rings. The van der Waals surface area contributed by atoms with Crippen LogP contribution in [-0.2, 0) is 0 Å². The summed E-state index contributed by atoms with van der Waals surface area (Å²) in [6.45, 7) is 6.18. The minimum absolute atomic E-state index is 0.116. The van der Waals surface area contributed by atoms with Crippen LogP contribution in [0.2, 0.25) is 0 Å². The van der Waals surface area contributed by atoms with Crippen molar-refractivity contribution in [2.75, 3.05) is 18.0 Å². The monoisotopic (exact) mass is 299 g/mol. The molecule has 1 aliphatic carbocycles. The van der Waals surface area contributed by atoms with Crippen LogP contribution in [0.3, 0.4) is 0 Å². The number of nitrogens with one attached hydrogen (secondary N) is 2. The average Bonchev–Trinajstić information content (AvgIpc) is 2.57.